The maximum atomic E-state index is 13.1. The number of amides is 2. The van der Waals surface area contributed by atoms with Crippen LogP contribution in [0.4, 0.5) is 4.79 Å². The van der Waals surface area contributed by atoms with Gasteiger partial charge in [-0.25, -0.2) is 13.2 Å². The van der Waals surface area contributed by atoms with Gasteiger partial charge in [-0.3, -0.25) is 9.59 Å². The van der Waals surface area contributed by atoms with Crippen LogP contribution < -0.4 is 5.32 Å². The molecule has 3 unspecified atom stereocenters. The van der Waals surface area contributed by atoms with E-state index in [-0.39, 0.29) is 25.6 Å². The molecule has 10 heteroatoms. The van der Waals surface area contributed by atoms with Crippen molar-refractivity contribution in [3.63, 3.8) is 0 Å². The molecule has 2 aromatic rings. The molecular formula is C25H28N2O7S. The molecule has 9 nitrogen and oxygen atoms in total. The first-order valence-electron chi connectivity index (χ1n) is 11.4. The van der Waals surface area contributed by atoms with E-state index in [1.165, 1.54) is 18.7 Å². The van der Waals surface area contributed by atoms with E-state index in [0.717, 1.165) is 22.3 Å². The van der Waals surface area contributed by atoms with Gasteiger partial charge in [-0.05, 0) is 36.1 Å². The Balaban J connectivity index is 1.44. The molecule has 2 N–H and O–H groups in total. The molecule has 2 aromatic carbocycles. The summed E-state index contributed by atoms with van der Waals surface area (Å²) in [5, 5.41) is 10.1. The lowest BCUT2D eigenvalue weighted by atomic mass is 9.98. The van der Waals surface area contributed by atoms with Crippen molar-refractivity contribution < 1.29 is 32.6 Å². The third kappa shape index (κ3) is 4.88. The van der Waals surface area contributed by atoms with Crippen molar-refractivity contribution in [2.24, 2.45) is 0 Å². The first-order valence-corrected chi connectivity index (χ1v) is 13.0. The molecule has 0 aromatic heterocycles. The summed E-state index contributed by atoms with van der Waals surface area (Å²) in [5.41, 5.74) is 4.19. The second-order valence-corrected chi connectivity index (χ2v) is 11.9. The van der Waals surface area contributed by atoms with Gasteiger partial charge in [0.15, 0.2) is 9.84 Å². The number of aliphatic carboxylic acids is 1. The zero-order valence-corrected chi connectivity index (χ0v) is 20.3. The Labute approximate surface area is 204 Å². The molecule has 186 valence electrons. The number of carboxylic acids is 1. The summed E-state index contributed by atoms with van der Waals surface area (Å²) in [6.45, 7) is 2.92. The van der Waals surface area contributed by atoms with Crippen molar-refractivity contribution >= 4 is 27.8 Å². The number of ether oxygens (including phenoxy) is 1. The highest BCUT2D eigenvalue weighted by atomic mass is 32.2. The molecule has 0 radical (unpaired) electrons. The Kier molecular flexibility index (Phi) is 6.84. The Morgan fingerprint density at radius 2 is 1.51 bits per heavy atom. The average Bonchev–Trinajstić information content (AvgIpc) is 3.14. The summed E-state index contributed by atoms with van der Waals surface area (Å²) in [5.74, 6) is -2.10. The first kappa shape index (κ1) is 24.7. The Morgan fingerprint density at radius 1 is 1.00 bits per heavy atom. The lowest BCUT2D eigenvalue weighted by Crippen LogP contribution is -2.57. The van der Waals surface area contributed by atoms with Gasteiger partial charge in [-0.15, -0.1) is 0 Å². The number of nitrogens with zero attached hydrogens (tertiary/aromatic N) is 1. The van der Waals surface area contributed by atoms with Gasteiger partial charge in [0, 0.05) is 19.0 Å². The number of hydrogen-bond donors (Lipinski definition) is 2. The Bertz CT molecular complexity index is 1200. The molecule has 2 aliphatic rings. The quantitative estimate of drug-likeness (QED) is 0.623. The topological polar surface area (TPSA) is 130 Å². The van der Waals surface area contributed by atoms with E-state index < -0.39 is 50.8 Å². The SMILES string of the molecule is CC1CN(C(=O)C(CC(=O)O)NC(=O)OCC2c3ccccc3-c3ccccc32)CC(C)S1(=O)=O. The van der Waals surface area contributed by atoms with Gasteiger partial charge in [0.2, 0.25) is 5.91 Å². The van der Waals surface area contributed by atoms with Crippen LogP contribution in [0.5, 0.6) is 0 Å². The van der Waals surface area contributed by atoms with E-state index >= 15 is 0 Å². The predicted octanol–water partition coefficient (Wildman–Crippen LogP) is 2.40. The minimum absolute atomic E-state index is 0.0177. The number of sulfone groups is 1. The molecule has 1 heterocycles. The summed E-state index contributed by atoms with van der Waals surface area (Å²) in [7, 11) is -3.37. The van der Waals surface area contributed by atoms with Gasteiger partial charge in [0.25, 0.3) is 0 Å². The van der Waals surface area contributed by atoms with Crippen LogP contribution in [0.1, 0.15) is 37.3 Å². The maximum Gasteiger partial charge on any atom is 0.407 e. The van der Waals surface area contributed by atoms with Gasteiger partial charge < -0.3 is 20.1 Å². The number of carbonyl (C=O) groups excluding carboxylic acids is 2. The van der Waals surface area contributed by atoms with Crippen molar-refractivity contribution in [2.75, 3.05) is 19.7 Å². The van der Waals surface area contributed by atoms with E-state index in [9.17, 15) is 27.9 Å². The number of nitrogens with one attached hydrogen (secondary N) is 1. The predicted molar refractivity (Wildman–Crippen MR) is 129 cm³/mol. The van der Waals surface area contributed by atoms with E-state index in [0.29, 0.717) is 0 Å². The summed E-state index contributed by atoms with van der Waals surface area (Å²) >= 11 is 0. The van der Waals surface area contributed by atoms with Crippen LogP contribution in [-0.2, 0) is 24.2 Å². The molecule has 1 fully saturated rings. The fourth-order valence-electron chi connectivity index (χ4n) is 4.86. The first-order chi connectivity index (χ1) is 16.6. The zero-order valence-electron chi connectivity index (χ0n) is 19.5. The molecule has 35 heavy (non-hydrogen) atoms. The van der Waals surface area contributed by atoms with E-state index in [4.69, 9.17) is 4.74 Å². The van der Waals surface area contributed by atoms with E-state index in [1.54, 1.807) is 0 Å². The molecule has 0 saturated carbocycles. The van der Waals surface area contributed by atoms with Gasteiger partial charge in [-0.1, -0.05) is 48.5 Å². The molecule has 0 spiro atoms. The molecule has 1 aliphatic carbocycles. The minimum Gasteiger partial charge on any atom is -0.481 e. The van der Waals surface area contributed by atoms with Crippen LogP contribution in [-0.4, -0.2) is 72.6 Å². The van der Waals surface area contributed by atoms with Gasteiger partial charge >= 0.3 is 12.1 Å². The van der Waals surface area contributed by atoms with Crippen molar-refractivity contribution in [2.45, 2.75) is 42.7 Å². The normalized spacial score (nSPS) is 21.5. The number of benzene rings is 2. The fourth-order valence-corrected chi connectivity index (χ4v) is 6.43. The summed E-state index contributed by atoms with van der Waals surface area (Å²) in [6.07, 6.45) is -1.55. The lowest BCUT2D eigenvalue weighted by Gasteiger charge is -2.36. The second kappa shape index (κ2) is 9.69. The summed E-state index contributed by atoms with van der Waals surface area (Å²) < 4.78 is 30.0. The van der Waals surface area contributed by atoms with E-state index in [2.05, 4.69) is 5.32 Å². The fraction of sp³-hybridized carbons (Fsp3) is 0.400. The van der Waals surface area contributed by atoms with Crippen LogP contribution in [0, 0.1) is 0 Å². The molecule has 1 aliphatic heterocycles. The van der Waals surface area contributed by atoms with Crippen LogP contribution >= 0.6 is 0 Å². The molecule has 0 bridgehead atoms. The number of rotatable bonds is 6. The maximum absolute atomic E-state index is 13.1. The van der Waals surface area contributed by atoms with Crippen molar-refractivity contribution in [3.05, 3.63) is 59.7 Å². The third-order valence-electron chi connectivity index (χ3n) is 6.70. The van der Waals surface area contributed by atoms with Crippen LogP contribution in [0.25, 0.3) is 11.1 Å². The number of carbonyl (C=O) groups is 3. The minimum atomic E-state index is -3.37. The smallest absolute Gasteiger partial charge is 0.407 e. The third-order valence-corrected chi connectivity index (χ3v) is 9.24. The highest BCUT2D eigenvalue weighted by Gasteiger charge is 2.40. The summed E-state index contributed by atoms with van der Waals surface area (Å²) in [6, 6.07) is 14.3. The molecule has 3 atom stereocenters. The average molecular weight is 501 g/mol. The number of fused-ring (bicyclic) bond motifs is 3. The standard InChI is InChI=1S/C25H28N2O7S/c1-15-12-27(13-16(2)35(15,32)33)24(30)22(11-23(28)29)26-25(31)34-14-21-19-9-5-3-7-17(19)18-8-4-6-10-20(18)21/h3-10,15-16,21-22H,11-14H2,1-2H3,(H,26,31)(H,28,29). The highest BCUT2D eigenvalue weighted by molar-refractivity contribution is 7.92. The highest BCUT2D eigenvalue weighted by Crippen LogP contribution is 2.44. The molecule has 1 saturated heterocycles. The molecule has 4 rings (SSSR count). The van der Waals surface area contributed by atoms with Gasteiger partial charge in [-0.2, -0.15) is 0 Å². The largest absolute Gasteiger partial charge is 0.481 e. The molecular weight excluding hydrogens is 472 g/mol. The summed E-state index contributed by atoms with van der Waals surface area (Å²) in [4.78, 5) is 38.4. The lowest BCUT2D eigenvalue weighted by molar-refractivity contribution is -0.142. The number of carboxylic acid groups (broad SMARTS) is 1. The second-order valence-electron chi connectivity index (χ2n) is 9.07. The monoisotopic (exact) mass is 500 g/mol. The van der Waals surface area contributed by atoms with Crippen LogP contribution in [0.3, 0.4) is 0 Å². The van der Waals surface area contributed by atoms with Crippen molar-refractivity contribution in [3.8, 4) is 11.1 Å². The number of alkyl carbamates (subject to hydrolysis) is 1. The Morgan fingerprint density at radius 3 is 2.03 bits per heavy atom. The Hall–Kier alpha value is -3.40. The van der Waals surface area contributed by atoms with Crippen molar-refractivity contribution in [1.82, 2.24) is 10.2 Å². The van der Waals surface area contributed by atoms with Gasteiger partial charge in [0.05, 0.1) is 16.9 Å². The van der Waals surface area contributed by atoms with E-state index in [1.807, 2.05) is 48.5 Å². The van der Waals surface area contributed by atoms with Crippen molar-refractivity contribution in [1.29, 1.82) is 0 Å². The molecule has 2 amide bonds. The number of hydrogen-bond acceptors (Lipinski definition) is 6. The van der Waals surface area contributed by atoms with Crippen LogP contribution in [0.2, 0.25) is 0 Å². The van der Waals surface area contributed by atoms with Crippen LogP contribution in [0.15, 0.2) is 48.5 Å². The van der Waals surface area contributed by atoms with Gasteiger partial charge in [0.1, 0.15) is 12.6 Å². The zero-order chi connectivity index (χ0) is 25.3.